The van der Waals surface area contributed by atoms with Crippen molar-refractivity contribution in [2.45, 2.75) is 39.7 Å². The molecule has 3 unspecified atom stereocenters. The molecular weight excluding hydrogens is 224 g/mol. The maximum absolute atomic E-state index is 6.19. The summed E-state index contributed by atoms with van der Waals surface area (Å²) in [6.07, 6.45) is 4.31. The molecule has 3 N–H and O–H groups in total. The second-order valence-electron chi connectivity index (χ2n) is 6.30. The molecule has 1 aromatic rings. The van der Waals surface area contributed by atoms with Gasteiger partial charge in [0.2, 0.25) is 0 Å². The van der Waals surface area contributed by atoms with Gasteiger partial charge in [0.05, 0.1) is 0 Å². The number of rotatable bonds is 3. The molecule has 3 atom stereocenters. The SMILES string of the molecule is CC1C(N)CCC(CNc2ccn(C)n2)C1(C)C. The van der Waals surface area contributed by atoms with Crippen molar-refractivity contribution in [3.05, 3.63) is 12.3 Å². The molecular formula is C14H26N4. The van der Waals surface area contributed by atoms with Gasteiger partial charge in [0, 0.05) is 31.9 Å². The largest absolute Gasteiger partial charge is 0.368 e. The van der Waals surface area contributed by atoms with Gasteiger partial charge >= 0.3 is 0 Å². The van der Waals surface area contributed by atoms with Crippen LogP contribution >= 0.6 is 0 Å². The molecule has 0 aliphatic heterocycles. The van der Waals surface area contributed by atoms with E-state index in [1.165, 1.54) is 6.42 Å². The fraction of sp³-hybridized carbons (Fsp3) is 0.786. The minimum Gasteiger partial charge on any atom is -0.368 e. The first-order valence-corrected chi connectivity index (χ1v) is 6.90. The summed E-state index contributed by atoms with van der Waals surface area (Å²) in [7, 11) is 1.94. The third-order valence-corrected chi connectivity index (χ3v) is 4.96. The highest BCUT2D eigenvalue weighted by Gasteiger charge is 2.41. The maximum atomic E-state index is 6.19. The Bertz CT molecular complexity index is 396. The Kier molecular flexibility index (Phi) is 3.66. The standard InChI is InChI=1S/C14H26N4/c1-10-12(15)6-5-11(14(10,2)3)9-16-13-7-8-18(4)17-13/h7-8,10-12H,5-6,9,15H2,1-4H3,(H,16,17). The lowest BCUT2D eigenvalue weighted by atomic mass is 9.61. The van der Waals surface area contributed by atoms with Crippen LogP contribution in [0.3, 0.4) is 0 Å². The second kappa shape index (κ2) is 4.92. The Labute approximate surface area is 110 Å². The Balaban J connectivity index is 1.96. The van der Waals surface area contributed by atoms with Gasteiger partial charge < -0.3 is 11.1 Å². The summed E-state index contributed by atoms with van der Waals surface area (Å²) in [6, 6.07) is 2.37. The van der Waals surface area contributed by atoms with E-state index in [9.17, 15) is 0 Å². The number of nitrogens with one attached hydrogen (secondary N) is 1. The van der Waals surface area contributed by atoms with E-state index in [4.69, 9.17) is 5.73 Å². The van der Waals surface area contributed by atoms with E-state index in [0.717, 1.165) is 18.8 Å². The van der Waals surface area contributed by atoms with Crippen LogP contribution in [0.1, 0.15) is 33.6 Å². The highest BCUT2D eigenvalue weighted by atomic mass is 15.3. The molecule has 4 nitrogen and oxygen atoms in total. The van der Waals surface area contributed by atoms with Crippen molar-refractivity contribution < 1.29 is 0 Å². The number of nitrogens with zero attached hydrogens (tertiary/aromatic N) is 2. The van der Waals surface area contributed by atoms with Gasteiger partial charge in [-0.3, -0.25) is 4.68 Å². The molecule has 1 heterocycles. The summed E-state index contributed by atoms with van der Waals surface area (Å²) < 4.78 is 1.83. The Morgan fingerprint density at radius 1 is 1.50 bits per heavy atom. The minimum atomic E-state index is 0.291. The van der Waals surface area contributed by atoms with E-state index in [-0.39, 0.29) is 0 Å². The topological polar surface area (TPSA) is 55.9 Å². The van der Waals surface area contributed by atoms with E-state index in [0.29, 0.717) is 23.3 Å². The molecule has 2 rings (SSSR count). The van der Waals surface area contributed by atoms with Crippen LogP contribution in [0, 0.1) is 17.3 Å². The number of anilines is 1. The molecule has 1 aliphatic carbocycles. The average molecular weight is 250 g/mol. The van der Waals surface area contributed by atoms with Crippen LogP contribution in [-0.4, -0.2) is 22.4 Å². The van der Waals surface area contributed by atoms with Gasteiger partial charge in [0.15, 0.2) is 0 Å². The molecule has 1 fully saturated rings. The van der Waals surface area contributed by atoms with Gasteiger partial charge in [-0.2, -0.15) is 5.10 Å². The monoisotopic (exact) mass is 250 g/mol. The lowest BCUT2D eigenvalue weighted by Crippen LogP contribution is -2.48. The van der Waals surface area contributed by atoms with E-state index >= 15 is 0 Å². The molecule has 0 radical (unpaired) electrons. The third-order valence-electron chi connectivity index (χ3n) is 4.96. The van der Waals surface area contributed by atoms with Gasteiger partial charge in [-0.1, -0.05) is 20.8 Å². The fourth-order valence-electron chi connectivity index (χ4n) is 3.04. The zero-order valence-electron chi connectivity index (χ0n) is 12.0. The molecule has 0 bridgehead atoms. The highest BCUT2D eigenvalue weighted by molar-refractivity contribution is 5.32. The van der Waals surface area contributed by atoms with E-state index < -0.39 is 0 Å². The Morgan fingerprint density at radius 3 is 2.83 bits per heavy atom. The first kappa shape index (κ1) is 13.4. The number of nitrogens with two attached hydrogens (primary N) is 1. The van der Waals surface area contributed by atoms with Gasteiger partial charge in [0.1, 0.15) is 5.82 Å². The van der Waals surface area contributed by atoms with Crippen LogP contribution in [0.25, 0.3) is 0 Å². The number of hydrogen-bond acceptors (Lipinski definition) is 3. The molecule has 0 aromatic carbocycles. The minimum absolute atomic E-state index is 0.291. The smallest absolute Gasteiger partial charge is 0.147 e. The zero-order valence-corrected chi connectivity index (χ0v) is 12.0. The number of aryl methyl sites for hydroxylation is 1. The van der Waals surface area contributed by atoms with Crippen LogP contribution in [0.5, 0.6) is 0 Å². The molecule has 0 saturated heterocycles. The number of hydrogen-bond donors (Lipinski definition) is 2. The van der Waals surface area contributed by atoms with E-state index in [1.807, 2.05) is 24.0 Å². The van der Waals surface area contributed by atoms with Crippen molar-refractivity contribution in [3.63, 3.8) is 0 Å². The Morgan fingerprint density at radius 2 is 2.22 bits per heavy atom. The average Bonchev–Trinajstić information content (AvgIpc) is 2.71. The van der Waals surface area contributed by atoms with Crippen LogP contribution < -0.4 is 11.1 Å². The Hall–Kier alpha value is -1.03. The molecule has 102 valence electrons. The van der Waals surface area contributed by atoms with Crippen molar-refractivity contribution in [3.8, 4) is 0 Å². The van der Waals surface area contributed by atoms with Crippen molar-refractivity contribution in [1.29, 1.82) is 0 Å². The van der Waals surface area contributed by atoms with Crippen LogP contribution in [0.2, 0.25) is 0 Å². The summed E-state index contributed by atoms with van der Waals surface area (Å²) in [5.74, 6) is 2.20. The van der Waals surface area contributed by atoms with Crippen molar-refractivity contribution in [2.24, 2.45) is 30.0 Å². The normalized spacial score (nSPS) is 31.3. The number of aromatic nitrogens is 2. The van der Waals surface area contributed by atoms with Gasteiger partial charge in [-0.15, -0.1) is 0 Å². The molecule has 1 aromatic heterocycles. The van der Waals surface area contributed by atoms with Crippen molar-refractivity contribution in [1.82, 2.24) is 9.78 Å². The van der Waals surface area contributed by atoms with E-state index in [2.05, 4.69) is 31.2 Å². The summed E-state index contributed by atoms with van der Waals surface area (Å²) in [5, 5.41) is 7.81. The lowest BCUT2D eigenvalue weighted by molar-refractivity contribution is 0.0619. The molecule has 0 spiro atoms. The first-order valence-electron chi connectivity index (χ1n) is 6.90. The summed E-state index contributed by atoms with van der Waals surface area (Å²) >= 11 is 0. The van der Waals surface area contributed by atoms with Crippen LogP contribution in [0.15, 0.2) is 12.3 Å². The van der Waals surface area contributed by atoms with Crippen LogP contribution in [0.4, 0.5) is 5.82 Å². The quantitative estimate of drug-likeness (QED) is 0.865. The maximum Gasteiger partial charge on any atom is 0.147 e. The van der Waals surface area contributed by atoms with Gasteiger partial charge in [0.25, 0.3) is 0 Å². The highest BCUT2D eigenvalue weighted by Crippen LogP contribution is 2.44. The molecule has 4 heteroatoms. The molecule has 1 saturated carbocycles. The fourth-order valence-corrected chi connectivity index (χ4v) is 3.04. The molecule has 18 heavy (non-hydrogen) atoms. The first-order chi connectivity index (χ1) is 8.41. The lowest BCUT2D eigenvalue weighted by Gasteiger charge is -2.47. The summed E-state index contributed by atoms with van der Waals surface area (Å²) in [5.41, 5.74) is 6.48. The van der Waals surface area contributed by atoms with Gasteiger partial charge in [-0.05, 0) is 30.1 Å². The van der Waals surface area contributed by atoms with Gasteiger partial charge in [-0.25, -0.2) is 0 Å². The molecule has 1 aliphatic rings. The van der Waals surface area contributed by atoms with Crippen LogP contribution in [-0.2, 0) is 7.05 Å². The molecule has 0 amide bonds. The summed E-state index contributed by atoms with van der Waals surface area (Å²) in [4.78, 5) is 0. The van der Waals surface area contributed by atoms with Crippen molar-refractivity contribution in [2.75, 3.05) is 11.9 Å². The second-order valence-corrected chi connectivity index (χ2v) is 6.30. The summed E-state index contributed by atoms with van der Waals surface area (Å²) in [6.45, 7) is 7.97. The van der Waals surface area contributed by atoms with E-state index in [1.54, 1.807) is 0 Å². The third kappa shape index (κ3) is 2.53. The predicted octanol–water partition coefficient (Wildman–Crippen LogP) is 2.23. The van der Waals surface area contributed by atoms with Crippen molar-refractivity contribution >= 4 is 5.82 Å². The predicted molar refractivity (Wildman–Crippen MR) is 75.3 cm³/mol. The zero-order chi connectivity index (χ0) is 13.3.